The highest BCUT2D eigenvalue weighted by Crippen LogP contribution is 2.44. The molecule has 3 aromatic carbocycles. The summed E-state index contributed by atoms with van der Waals surface area (Å²) in [5.41, 5.74) is 14.3. The van der Waals surface area contributed by atoms with Crippen molar-refractivity contribution in [2.75, 3.05) is 13.2 Å². The van der Waals surface area contributed by atoms with Gasteiger partial charge in [-0.3, -0.25) is 0 Å². The van der Waals surface area contributed by atoms with E-state index in [1.54, 1.807) is 4.90 Å². The van der Waals surface area contributed by atoms with Crippen molar-refractivity contribution < 1.29 is 9.53 Å². The van der Waals surface area contributed by atoms with Crippen LogP contribution < -0.4 is 5.73 Å². The van der Waals surface area contributed by atoms with Gasteiger partial charge in [0.25, 0.3) is 0 Å². The van der Waals surface area contributed by atoms with Crippen molar-refractivity contribution in [1.82, 2.24) is 4.90 Å². The Hall–Kier alpha value is -3.11. The molecule has 2 aliphatic rings. The van der Waals surface area contributed by atoms with E-state index in [4.69, 9.17) is 10.5 Å². The Morgan fingerprint density at radius 3 is 2.34 bits per heavy atom. The van der Waals surface area contributed by atoms with Gasteiger partial charge >= 0.3 is 6.09 Å². The summed E-state index contributed by atoms with van der Waals surface area (Å²) in [5, 5.41) is 0. The zero-order valence-corrected chi connectivity index (χ0v) is 16.3. The molecule has 5 rings (SSSR count). The Balaban J connectivity index is 1.30. The Kier molecular flexibility index (Phi) is 4.57. The molecule has 2 N–H and O–H groups in total. The molecule has 4 heteroatoms. The van der Waals surface area contributed by atoms with Crippen molar-refractivity contribution in [2.45, 2.75) is 25.4 Å². The standard InChI is InChI=1S/C25H24N2O2/c26-14-17-9-10-19-15-27(12-11-18(19)13-17)25(28)29-16-24-22-7-3-1-5-20(22)21-6-2-4-8-23(21)24/h1-10,13,24H,11-12,14-16,26H2. The number of benzene rings is 3. The molecule has 0 radical (unpaired) electrons. The lowest BCUT2D eigenvalue weighted by Crippen LogP contribution is -2.37. The minimum atomic E-state index is -0.236. The fourth-order valence-corrected chi connectivity index (χ4v) is 4.57. The van der Waals surface area contributed by atoms with Crippen molar-refractivity contribution in [3.63, 3.8) is 0 Å². The molecule has 1 aliphatic heterocycles. The third kappa shape index (κ3) is 3.19. The zero-order chi connectivity index (χ0) is 19.8. The molecule has 1 amide bonds. The van der Waals surface area contributed by atoms with E-state index in [0.717, 1.165) is 12.0 Å². The minimum Gasteiger partial charge on any atom is -0.448 e. The summed E-state index contributed by atoms with van der Waals surface area (Å²) >= 11 is 0. The Morgan fingerprint density at radius 1 is 0.966 bits per heavy atom. The predicted octanol–water partition coefficient (Wildman–Crippen LogP) is 4.45. The summed E-state index contributed by atoms with van der Waals surface area (Å²) in [7, 11) is 0. The van der Waals surface area contributed by atoms with E-state index < -0.39 is 0 Å². The zero-order valence-electron chi connectivity index (χ0n) is 16.3. The Morgan fingerprint density at radius 2 is 1.66 bits per heavy atom. The van der Waals surface area contributed by atoms with Crippen LogP contribution in [0.4, 0.5) is 4.79 Å². The normalized spacial score (nSPS) is 14.9. The lowest BCUT2D eigenvalue weighted by Gasteiger charge is -2.29. The monoisotopic (exact) mass is 384 g/mol. The van der Waals surface area contributed by atoms with Crippen LogP contribution in [-0.2, 0) is 24.2 Å². The lowest BCUT2D eigenvalue weighted by atomic mass is 9.97. The van der Waals surface area contributed by atoms with E-state index in [0.29, 0.717) is 26.2 Å². The molecular formula is C25H24N2O2. The van der Waals surface area contributed by atoms with Crippen LogP contribution in [0.25, 0.3) is 11.1 Å². The number of hydrogen-bond donors (Lipinski definition) is 1. The number of amides is 1. The Bertz CT molecular complexity index is 1030. The van der Waals surface area contributed by atoms with Gasteiger partial charge in [0.1, 0.15) is 6.61 Å². The molecule has 146 valence electrons. The topological polar surface area (TPSA) is 55.6 Å². The van der Waals surface area contributed by atoms with Gasteiger partial charge in [-0.05, 0) is 45.4 Å². The average molecular weight is 384 g/mol. The molecule has 0 saturated carbocycles. The van der Waals surface area contributed by atoms with Crippen molar-refractivity contribution in [1.29, 1.82) is 0 Å². The molecule has 0 atom stereocenters. The molecule has 29 heavy (non-hydrogen) atoms. The fraction of sp³-hybridized carbons (Fsp3) is 0.240. The molecule has 0 saturated heterocycles. The summed E-state index contributed by atoms with van der Waals surface area (Å²) in [4.78, 5) is 14.6. The molecule has 1 aliphatic carbocycles. The highest BCUT2D eigenvalue weighted by Gasteiger charge is 2.30. The molecule has 0 aromatic heterocycles. The first-order valence-electron chi connectivity index (χ1n) is 10.2. The number of nitrogens with zero attached hydrogens (tertiary/aromatic N) is 1. The van der Waals surface area contributed by atoms with Crippen LogP contribution in [0, 0.1) is 0 Å². The van der Waals surface area contributed by atoms with Crippen molar-refractivity contribution >= 4 is 6.09 Å². The second-order valence-electron chi connectivity index (χ2n) is 7.78. The number of ether oxygens (including phenoxy) is 1. The molecule has 0 unspecified atom stereocenters. The number of fused-ring (bicyclic) bond motifs is 4. The first-order valence-corrected chi connectivity index (χ1v) is 10.2. The van der Waals surface area contributed by atoms with Crippen LogP contribution in [0.5, 0.6) is 0 Å². The quantitative estimate of drug-likeness (QED) is 0.726. The van der Waals surface area contributed by atoms with Crippen LogP contribution in [-0.4, -0.2) is 24.1 Å². The maximum absolute atomic E-state index is 12.8. The number of carbonyl (C=O) groups excluding carboxylic acids is 1. The van der Waals surface area contributed by atoms with E-state index >= 15 is 0 Å². The predicted molar refractivity (Wildman–Crippen MR) is 114 cm³/mol. The van der Waals surface area contributed by atoms with Gasteiger partial charge < -0.3 is 15.4 Å². The maximum atomic E-state index is 12.8. The first-order chi connectivity index (χ1) is 14.2. The molecule has 0 spiro atoms. The maximum Gasteiger partial charge on any atom is 0.410 e. The van der Waals surface area contributed by atoms with Gasteiger partial charge in [-0.2, -0.15) is 0 Å². The molecule has 1 heterocycles. The number of carbonyl (C=O) groups is 1. The van der Waals surface area contributed by atoms with Crippen molar-refractivity contribution in [3.8, 4) is 11.1 Å². The SMILES string of the molecule is NCc1ccc2c(c1)CCN(C(=O)OCC1c3ccccc3-c3ccccc31)C2. The molecule has 3 aromatic rings. The van der Waals surface area contributed by atoms with Crippen LogP contribution in [0.2, 0.25) is 0 Å². The summed E-state index contributed by atoms with van der Waals surface area (Å²) in [6.45, 7) is 2.18. The molecule has 0 fully saturated rings. The van der Waals surface area contributed by atoms with E-state index in [1.807, 2.05) is 6.07 Å². The minimum absolute atomic E-state index is 0.0931. The van der Waals surface area contributed by atoms with E-state index in [1.165, 1.54) is 33.4 Å². The summed E-state index contributed by atoms with van der Waals surface area (Å²) in [5.74, 6) is 0.0931. The van der Waals surface area contributed by atoms with E-state index in [2.05, 4.69) is 60.7 Å². The number of nitrogens with two attached hydrogens (primary N) is 1. The first kappa shape index (κ1) is 18.0. The van der Waals surface area contributed by atoms with Gasteiger partial charge in [0.05, 0.1) is 0 Å². The second-order valence-corrected chi connectivity index (χ2v) is 7.78. The average Bonchev–Trinajstić information content (AvgIpc) is 3.10. The van der Waals surface area contributed by atoms with Gasteiger partial charge in [-0.1, -0.05) is 66.7 Å². The summed E-state index contributed by atoms with van der Waals surface area (Å²) < 4.78 is 5.81. The van der Waals surface area contributed by atoms with Gasteiger partial charge in [0.15, 0.2) is 0 Å². The smallest absolute Gasteiger partial charge is 0.410 e. The Labute approximate surface area is 170 Å². The van der Waals surface area contributed by atoms with Crippen molar-refractivity contribution in [3.05, 3.63) is 94.5 Å². The largest absolute Gasteiger partial charge is 0.448 e. The summed E-state index contributed by atoms with van der Waals surface area (Å²) in [6.07, 6.45) is 0.605. The van der Waals surface area contributed by atoms with Gasteiger partial charge in [-0.15, -0.1) is 0 Å². The highest BCUT2D eigenvalue weighted by atomic mass is 16.6. The number of hydrogen-bond acceptors (Lipinski definition) is 3. The second kappa shape index (κ2) is 7.37. The third-order valence-electron chi connectivity index (χ3n) is 6.11. The van der Waals surface area contributed by atoms with Gasteiger partial charge in [0.2, 0.25) is 0 Å². The van der Waals surface area contributed by atoms with E-state index in [9.17, 15) is 4.79 Å². The molecule has 4 nitrogen and oxygen atoms in total. The van der Waals surface area contributed by atoms with E-state index in [-0.39, 0.29) is 12.0 Å². The summed E-state index contributed by atoms with van der Waals surface area (Å²) in [6, 6.07) is 23.1. The lowest BCUT2D eigenvalue weighted by molar-refractivity contribution is 0.0953. The molecule has 0 bridgehead atoms. The third-order valence-corrected chi connectivity index (χ3v) is 6.11. The fourth-order valence-electron chi connectivity index (χ4n) is 4.57. The van der Waals surface area contributed by atoms with Crippen LogP contribution >= 0.6 is 0 Å². The van der Waals surface area contributed by atoms with Crippen molar-refractivity contribution in [2.24, 2.45) is 5.73 Å². The van der Waals surface area contributed by atoms with Crippen LogP contribution in [0.1, 0.15) is 33.7 Å². The van der Waals surface area contributed by atoms with Gasteiger partial charge in [0, 0.05) is 25.6 Å². The molecular weight excluding hydrogens is 360 g/mol. The van der Waals surface area contributed by atoms with Gasteiger partial charge in [-0.25, -0.2) is 4.79 Å². The number of rotatable bonds is 3. The van der Waals surface area contributed by atoms with Crippen LogP contribution in [0.15, 0.2) is 66.7 Å². The van der Waals surface area contributed by atoms with Crippen LogP contribution in [0.3, 0.4) is 0 Å². The highest BCUT2D eigenvalue weighted by molar-refractivity contribution is 5.79.